The Morgan fingerprint density at radius 2 is 2.05 bits per heavy atom. The molecule has 0 spiro atoms. The van der Waals surface area contributed by atoms with E-state index in [9.17, 15) is 24.6 Å². The lowest BCUT2D eigenvalue weighted by molar-refractivity contribution is -0.138. The number of ether oxygens (including phenoxy) is 3. The van der Waals surface area contributed by atoms with Gasteiger partial charge in [-0.1, -0.05) is 6.08 Å². The minimum Gasteiger partial charge on any atom is -0.493 e. The number of aldehydes is 1. The van der Waals surface area contributed by atoms with E-state index in [-0.39, 0.29) is 44.2 Å². The lowest BCUT2D eigenvalue weighted by Crippen LogP contribution is -2.56. The number of rotatable bonds is 14. The first-order chi connectivity index (χ1) is 17.9. The maximum Gasteiger partial charge on any atom is 0.247 e. The molecule has 4 atom stereocenters. The second kappa shape index (κ2) is 13.4. The molecule has 4 unspecified atom stereocenters. The zero-order valence-corrected chi connectivity index (χ0v) is 21.4. The number of nitrogens with zero attached hydrogens (tertiary/aromatic N) is 1. The van der Waals surface area contributed by atoms with E-state index in [1.54, 1.807) is 18.2 Å². The Morgan fingerprint density at radius 1 is 1.27 bits per heavy atom. The van der Waals surface area contributed by atoms with E-state index in [0.717, 1.165) is 12.8 Å². The van der Waals surface area contributed by atoms with Gasteiger partial charge in [0.2, 0.25) is 11.8 Å². The number of carbonyl (C=O) groups is 3. The van der Waals surface area contributed by atoms with E-state index in [2.05, 4.69) is 11.9 Å². The second-order valence-corrected chi connectivity index (χ2v) is 9.02. The quantitative estimate of drug-likeness (QED) is 0.192. The van der Waals surface area contributed by atoms with Crippen LogP contribution in [0.5, 0.6) is 11.5 Å². The molecule has 3 rings (SSSR count). The van der Waals surface area contributed by atoms with Crippen molar-refractivity contribution in [2.24, 2.45) is 0 Å². The Morgan fingerprint density at radius 3 is 2.70 bits per heavy atom. The summed E-state index contributed by atoms with van der Waals surface area (Å²) in [6.07, 6.45) is 4.52. The summed E-state index contributed by atoms with van der Waals surface area (Å²) in [5.41, 5.74) is 1.15. The summed E-state index contributed by atoms with van der Waals surface area (Å²) >= 11 is 0. The molecule has 0 bridgehead atoms. The number of carbonyl (C=O) groups excluding carboxylic acids is 3. The van der Waals surface area contributed by atoms with Crippen LogP contribution in [0.1, 0.15) is 47.5 Å². The molecule has 2 amide bonds. The van der Waals surface area contributed by atoms with Gasteiger partial charge in [-0.15, -0.1) is 6.58 Å². The summed E-state index contributed by atoms with van der Waals surface area (Å²) < 4.78 is 16.8. The van der Waals surface area contributed by atoms with Crippen molar-refractivity contribution < 1.29 is 38.8 Å². The molecule has 0 fully saturated rings. The highest BCUT2D eigenvalue weighted by Gasteiger charge is 2.51. The Bertz CT molecular complexity index is 1020. The van der Waals surface area contributed by atoms with Crippen LogP contribution in [0.4, 0.5) is 0 Å². The Balaban J connectivity index is 2.04. The van der Waals surface area contributed by atoms with Crippen LogP contribution in [0.2, 0.25) is 0 Å². The first-order valence-electron chi connectivity index (χ1n) is 12.4. The number of aliphatic hydroxyl groups is 2. The van der Waals surface area contributed by atoms with Crippen LogP contribution in [-0.4, -0.2) is 92.0 Å². The lowest BCUT2D eigenvalue weighted by atomic mass is 9.77. The molecular formula is C27H36N2O8. The van der Waals surface area contributed by atoms with Gasteiger partial charge in [-0.3, -0.25) is 14.4 Å². The minimum absolute atomic E-state index is 0.0296. The van der Waals surface area contributed by atoms with Gasteiger partial charge in [0.1, 0.15) is 18.5 Å². The molecule has 1 aliphatic carbocycles. The number of benzene rings is 1. The summed E-state index contributed by atoms with van der Waals surface area (Å²) in [6, 6.07) is 2.28. The van der Waals surface area contributed by atoms with Crippen molar-refractivity contribution >= 4 is 18.1 Å². The van der Waals surface area contributed by atoms with Crippen LogP contribution in [-0.2, 0) is 14.3 Å². The molecule has 37 heavy (non-hydrogen) atoms. The number of unbranched alkanes of at least 4 members (excludes halogenated alkanes) is 2. The molecule has 0 aromatic heterocycles. The van der Waals surface area contributed by atoms with Crippen molar-refractivity contribution in [3.05, 3.63) is 47.6 Å². The van der Waals surface area contributed by atoms with Crippen LogP contribution in [0, 0.1) is 0 Å². The zero-order valence-electron chi connectivity index (χ0n) is 21.4. The highest BCUT2D eigenvalue weighted by atomic mass is 16.5. The van der Waals surface area contributed by atoms with E-state index in [4.69, 9.17) is 14.2 Å². The summed E-state index contributed by atoms with van der Waals surface area (Å²) in [7, 11) is 2.97. The number of methoxy groups -OCH3 is 2. The molecule has 1 heterocycles. The van der Waals surface area contributed by atoms with Crippen molar-refractivity contribution in [2.45, 2.75) is 49.9 Å². The van der Waals surface area contributed by atoms with Crippen LogP contribution in [0.15, 0.2) is 36.4 Å². The number of hydrogen-bond acceptors (Lipinski definition) is 8. The van der Waals surface area contributed by atoms with Gasteiger partial charge in [-0.25, -0.2) is 0 Å². The van der Waals surface area contributed by atoms with E-state index < -0.39 is 30.1 Å². The normalized spacial score (nSPS) is 21.7. The number of fused-ring (bicyclic) bond motifs is 3. The summed E-state index contributed by atoms with van der Waals surface area (Å²) in [4.78, 5) is 39.6. The number of allylic oxidation sites excluding steroid dienone is 1. The van der Waals surface area contributed by atoms with Gasteiger partial charge in [0.15, 0.2) is 11.5 Å². The van der Waals surface area contributed by atoms with Crippen molar-refractivity contribution in [3.63, 3.8) is 0 Å². The number of aliphatic hydroxyl groups excluding tert-OH is 2. The topological polar surface area (TPSA) is 135 Å². The van der Waals surface area contributed by atoms with Gasteiger partial charge in [0.25, 0.3) is 0 Å². The molecule has 10 nitrogen and oxygen atoms in total. The first-order valence-corrected chi connectivity index (χ1v) is 12.4. The van der Waals surface area contributed by atoms with E-state index in [0.29, 0.717) is 35.3 Å². The molecule has 1 aromatic carbocycles. The van der Waals surface area contributed by atoms with Crippen LogP contribution in [0.25, 0.3) is 0 Å². The van der Waals surface area contributed by atoms with Gasteiger partial charge in [-0.2, -0.15) is 0 Å². The smallest absolute Gasteiger partial charge is 0.247 e. The van der Waals surface area contributed by atoms with Gasteiger partial charge in [0, 0.05) is 43.3 Å². The summed E-state index contributed by atoms with van der Waals surface area (Å²) in [6.45, 7) is 3.94. The Hall–Kier alpha value is -3.21. The number of amides is 2. The van der Waals surface area contributed by atoms with Crippen LogP contribution in [0.3, 0.4) is 0 Å². The third-order valence-corrected chi connectivity index (χ3v) is 6.68. The number of nitrogens with one attached hydrogen (secondary N) is 1. The standard InChI is InChI=1S/C27H36N2O8/c1-4-5-6-7-8-22(32)29(10-12-35-2)20-15-19(27(34)28-9-11-30)23-18-13-17(16-31)14-21(36-3)25(18)37-26(23)24(20)33/h4,13-16,20,23-24,26,30,33H,1,5-12H2,2-3H3,(H,28,34). The van der Waals surface area contributed by atoms with Gasteiger partial charge in [-0.05, 0) is 37.5 Å². The molecule has 202 valence electrons. The lowest BCUT2D eigenvalue weighted by Gasteiger charge is -2.40. The third-order valence-electron chi connectivity index (χ3n) is 6.68. The monoisotopic (exact) mass is 516 g/mol. The predicted molar refractivity (Wildman–Crippen MR) is 136 cm³/mol. The molecular weight excluding hydrogens is 480 g/mol. The second-order valence-electron chi connectivity index (χ2n) is 9.02. The van der Waals surface area contributed by atoms with Crippen LogP contribution >= 0.6 is 0 Å². The first kappa shape index (κ1) is 28.4. The average molecular weight is 517 g/mol. The minimum atomic E-state index is -1.18. The summed E-state index contributed by atoms with van der Waals surface area (Å²) in [5.74, 6) is -0.699. The van der Waals surface area contributed by atoms with Gasteiger partial charge >= 0.3 is 0 Å². The SMILES string of the molecule is C=CCCCCC(=O)N(CCOC)C1C=C(C(=O)NCCO)C2c3cc(C=O)cc(OC)c3OC2C1O. The molecule has 0 saturated carbocycles. The fourth-order valence-electron chi connectivity index (χ4n) is 4.90. The molecule has 1 aliphatic heterocycles. The van der Waals surface area contributed by atoms with Crippen molar-refractivity contribution in [2.75, 3.05) is 40.5 Å². The Kier molecular flexibility index (Phi) is 10.2. The van der Waals surface area contributed by atoms with E-state index in [1.165, 1.54) is 25.2 Å². The molecule has 0 saturated heterocycles. The van der Waals surface area contributed by atoms with Crippen molar-refractivity contribution in [3.8, 4) is 11.5 Å². The fraction of sp³-hybridized carbons (Fsp3) is 0.519. The molecule has 1 aromatic rings. The van der Waals surface area contributed by atoms with Crippen LogP contribution < -0.4 is 14.8 Å². The maximum atomic E-state index is 13.3. The zero-order chi connectivity index (χ0) is 26.9. The summed E-state index contributed by atoms with van der Waals surface area (Å²) in [5, 5.41) is 23.4. The van der Waals surface area contributed by atoms with Crippen molar-refractivity contribution in [1.82, 2.24) is 10.2 Å². The largest absolute Gasteiger partial charge is 0.493 e. The molecule has 3 N–H and O–H groups in total. The third kappa shape index (κ3) is 6.20. The number of hydrogen-bond donors (Lipinski definition) is 3. The molecule has 0 radical (unpaired) electrons. The van der Waals surface area contributed by atoms with Crippen molar-refractivity contribution in [1.29, 1.82) is 0 Å². The average Bonchev–Trinajstić information content (AvgIpc) is 3.30. The predicted octanol–water partition coefficient (Wildman–Crippen LogP) is 1.35. The van der Waals surface area contributed by atoms with E-state index in [1.807, 2.05) is 0 Å². The van der Waals surface area contributed by atoms with Gasteiger partial charge < -0.3 is 34.6 Å². The molecule has 10 heteroatoms. The maximum absolute atomic E-state index is 13.3. The highest BCUT2D eigenvalue weighted by Crippen LogP contribution is 2.51. The highest BCUT2D eigenvalue weighted by molar-refractivity contribution is 5.96. The van der Waals surface area contributed by atoms with Gasteiger partial charge in [0.05, 0.1) is 32.3 Å². The fourth-order valence-corrected chi connectivity index (χ4v) is 4.90. The molecule has 2 aliphatic rings. The Labute approximate surface area is 216 Å². The van der Waals surface area contributed by atoms with E-state index >= 15 is 0 Å².